The van der Waals surface area contributed by atoms with Gasteiger partial charge in [0.15, 0.2) is 0 Å². The van der Waals surface area contributed by atoms with Crippen LogP contribution in [0.1, 0.15) is 5.56 Å². The summed E-state index contributed by atoms with van der Waals surface area (Å²) in [7, 11) is -1.82. The largest absolute Gasteiger partial charge is 0.707 e. The highest BCUT2D eigenvalue weighted by atomic mass is 16.6. The third kappa shape index (κ3) is 5.87. The quantitative estimate of drug-likeness (QED) is 0.571. The van der Waals surface area contributed by atoms with E-state index in [1.807, 2.05) is 30.3 Å². The van der Waals surface area contributed by atoms with Crippen LogP contribution >= 0.6 is 0 Å². The van der Waals surface area contributed by atoms with Crippen LogP contribution in [0.2, 0.25) is 0 Å². The number of hydrogen-bond donors (Lipinski definition) is 2. The second kappa shape index (κ2) is 8.31. The molecule has 0 aromatic heterocycles. The smallest absolute Gasteiger partial charge is 0.512 e. The van der Waals surface area contributed by atoms with Gasteiger partial charge in [-0.3, -0.25) is 0 Å². The van der Waals surface area contributed by atoms with Crippen LogP contribution in [0.4, 0.5) is 0 Å². The Balaban J connectivity index is 1.64. The molecule has 21 heavy (non-hydrogen) atoms. The zero-order valence-electron chi connectivity index (χ0n) is 11.5. The van der Waals surface area contributed by atoms with E-state index < -0.39 is 7.32 Å². The Morgan fingerprint density at radius 3 is 2.14 bits per heavy atom. The van der Waals surface area contributed by atoms with Crippen molar-refractivity contribution in [1.82, 2.24) is 0 Å². The molecule has 2 aromatic carbocycles. The van der Waals surface area contributed by atoms with Gasteiger partial charge in [0.25, 0.3) is 0 Å². The molecule has 0 fully saturated rings. The molecule has 2 aromatic rings. The molecule has 0 atom stereocenters. The van der Waals surface area contributed by atoms with Gasteiger partial charge in [0.1, 0.15) is 18.1 Å². The summed E-state index contributed by atoms with van der Waals surface area (Å²) in [5.41, 5.74) is 1.13. The first-order valence-electron chi connectivity index (χ1n) is 6.61. The van der Waals surface area contributed by atoms with Crippen LogP contribution in [-0.4, -0.2) is 30.6 Å². The summed E-state index contributed by atoms with van der Waals surface area (Å²) in [6.07, 6.45) is 0. The Hall–Kier alpha value is -2.02. The molecule has 0 radical (unpaired) electrons. The average Bonchev–Trinajstić information content (AvgIpc) is 2.49. The Labute approximate surface area is 123 Å². The van der Waals surface area contributed by atoms with Crippen LogP contribution < -0.4 is 9.39 Å². The molecule has 110 valence electrons. The van der Waals surface area contributed by atoms with Crippen molar-refractivity contribution in [2.75, 3.05) is 13.2 Å². The standard InChI is InChI=1S/C15H17BO5/c17-16(18)21-15-8-6-14(7-9-15)20-11-10-19-12-13-4-2-1-3-5-13/h1-9,17-18H,10-12H2. The molecule has 2 N–H and O–H groups in total. The highest BCUT2D eigenvalue weighted by Crippen LogP contribution is 2.17. The van der Waals surface area contributed by atoms with Crippen LogP contribution in [0.15, 0.2) is 54.6 Å². The van der Waals surface area contributed by atoms with Crippen LogP contribution in [0.3, 0.4) is 0 Å². The normalized spacial score (nSPS) is 10.2. The average molecular weight is 288 g/mol. The van der Waals surface area contributed by atoms with Crippen molar-refractivity contribution in [1.29, 1.82) is 0 Å². The summed E-state index contributed by atoms with van der Waals surface area (Å²) < 4.78 is 15.7. The Bertz CT molecular complexity index is 515. The zero-order chi connectivity index (χ0) is 14.9. The number of benzene rings is 2. The van der Waals surface area contributed by atoms with Crippen molar-refractivity contribution in [2.45, 2.75) is 6.61 Å². The zero-order valence-corrected chi connectivity index (χ0v) is 11.5. The van der Waals surface area contributed by atoms with Crippen molar-refractivity contribution in [3.8, 4) is 11.5 Å². The van der Waals surface area contributed by atoms with Gasteiger partial charge in [-0.25, -0.2) is 0 Å². The lowest BCUT2D eigenvalue weighted by Crippen LogP contribution is -2.20. The van der Waals surface area contributed by atoms with E-state index in [9.17, 15) is 0 Å². The SMILES string of the molecule is OB(O)Oc1ccc(OCCOCc2ccccc2)cc1. The van der Waals surface area contributed by atoms with Gasteiger partial charge in [-0.2, -0.15) is 0 Å². The van der Waals surface area contributed by atoms with Crippen molar-refractivity contribution >= 4 is 7.32 Å². The van der Waals surface area contributed by atoms with Gasteiger partial charge in [0.2, 0.25) is 0 Å². The van der Waals surface area contributed by atoms with Crippen molar-refractivity contribution < 1.29 is 24.2 Å². The lowest BCUT2D eigenvalue weighted by Gasteiger charge is -2.09. The number of hydrogen-bond acceptors (Lipinski definition) is 5. The van der Waals surface area contributed by atoms with E-state index in [2.05, 4.69) is 0 Å². The van der Waals surface area contributed by atoms with E-state index in [1.165, 1.54) is 0 Å². The third-order valence-corrected chi connectivity index (χ3v) is 2.67. The Kier molecular flexibility index (Phi) is 6.09. The van der Waals surface area contributed by atoms with Crippen LogP contribution in [-0.2, 0) is 11.3 Å². The topological polar surface area (TPSA) is 68.2 Å². The van der Waals surface area contributed by atoms with Crippen LogP contribution in [0.25, 0.3) is 0 Å². The molecular formula is C15H17BO5. The second-order valence-corrected chi connectivity index (χ2v) is 4.30. The van der Waals surface area contributed by atoms with E-state index >= 15 is 0 Å². The Morgan fingerprint density at radius 2 is 1.48 bits per heavy atom. The van der Waals surface area contributed by atoms with E-state index in [-0.39, 0.29) is 0 Å². The minimum Gasteiger partial charge on any atom is -0.512 e. The molecule has 0 heterocycles. The fourth-order valence-corrected chi connectivity index (χ4v) is 1.72. The monoisotopic (exact) mass is 288 g/mol. The van der Waals surface area contributed by atoms with Gasteiger partial charge >= 0.3 is 7.32 Å². The molecule has 0 unspecified atom stereocenters. The maximum atomic E-state index is 8.66. The molecule has 0 aliphatic carbocycles. The maximum Gasteiger partial charge on any atom is 0.707 e. The molecule has 0 saturated carbocycles. The van der Waals surface area contributed by atoms with E-state index in [1.54, 1.807) is 24.3 Å². The van der Waals surface area contributed by atoms with E-state index in [0.717, 1.165) is 5.56 Å². The number of rotatable bonds is 8. The van der Waals surface area contributed by atoms with Crippen molar-refractivity contribution in [3.63, 3.8) is 0 Å². The molecule has 0 aliphatic rings. The van der Waals surface area contributed by atoms with E-state index in [0.29, 0.717) is 31.3 Å². The van der Waals surface area contributed by atoms with Gasteiger partial charge in [-0.05, 0) is 29.8 Å². The maximum absolute atomic E-state index is 8.66. The molecule has 6 heteroatoms. The molecule has 0 spiro atoms. The highest BCUT2D eigenvalue weighted by Gasteiger charge is 2.10. The molecule has 5 nitrogen and oxygen atoms in total. The number of ether oxygens (including phenoxy) is 2. The summed E-state index contributed by atoms with van der Waals surface area (Å²) in [4.78, 5) is 0. The minimum atomic E-state index is -1.82. The third-order valence-electron chi connectivity index (χ3n) is 2.67. The molecular weight excluding hydrogens is 271 g/mol. The van der Waals surface area contributed by atoms with Gasteiger partial charge in [0.05, 0.1) is 13.2 Å². The second-order valence-electron chi connectivity index (χ2n) is 4.30. The summed E-state index contributed by atoms with van der Waals surface area (Å²) in [5.74, 6) is 1.02. The van der Waals surface area contributed by atoms with Gasteiger partial charge in [-0.15, -0.1) is 0 Å². The fourth-order valence-electron chi connectivity index (χ4n) is 1.72. The van der Waals surface area contributed by atoms with Crippen molar-refractivity contribution in [2.24, 2.45) is 0 Å². The lowest BCUT2D eigenvalue weighted by atomic mass is 10.2. The van der Waals surface area contributed by atoms with Crippen LogP contribution in [0.5, 0.6) is 11.5 Å². The first-order chi connectivity index (χ1) is 10.2. The van der Waals surface area contributed by atoms with E-state index in [4.69, 9.17) is 24.2 Å². The van der Waals surface area contributed by atoms with Gasteiger partial charge in [-0.1, -0.05) is 30.3 Å². The Morgan fingerprint density at radius 1 is 0.810 bits per heavy atom. The van der Waals surface area contributed by atoms with Gasteiger partial charge in [0, 0.05) is 0 Å². The highest BCUT2D eigenvalue weighted by molar-refractivity contribution is 6.33. The molecule has 0 saturated heterocycles. The first kappa shape index (κ1) is 15.4. The predicted octanol–water partition coefficient (Wildman–Crippen LogP) is 1.63. The predicted molar refractivity (Wildman–Crippen MR) is 78.9 cm³/mol. The molecule has 0 aliphatic heterocycles. The summed E-state index contributed by atoms with van der Waals surface area (Å²) >= 11 is 0. The first-order valence-corrected chi connectivity index (χ1v) is 6.61. The van der Waals surface area contributed by atoms with Crippen LogP contribution in [0, 0.1) is 0 Å². The fraction of sp³-hybridized carbons (Fsp3) is 0.200. The van der Waals surface area contributed by atoms with Gasteiger partial charge < -0.3 is 24.2 Å². The summed E-state index contributed by atoms with van der Waals surface area (Å²) in [5, 5.41) is 17.3. The minimum absolute atomic E-state index is 0.359. The lowest BCUT2D eigenvalue weighted by molar-refractivity contribution is 0.0889. The summed E-state index contributed by atoms with van der Waals surface area (Å²) in [6, 6.07) is 16.5. The molecule has 0 bridgehead atoms. The molecule has 2 rings (SSSR count). The van der Waals surface area contributed by atoms with Crippen molar-refractivity contribution in [3.05, 3.63) is 60.2 Å². The summed E-state index contributed by atoms with van der Waals surface area (Å²) in [6.45, 7) is 1.49. The molecule has 0 amide bonds.